The third-order valence-electron chi connectivity index (χ3n) is 3.01. The van der Waals surface area contributed by atoms with Crippen LogP contribution in [-0.4, -0.2) is 28.4 Å². The van der Waals surface area contributed by atoms with E-state index in [1.54, 1.807) is 7.11 Å². The van der Waals surface area contributed by atoms with Crippen molar-refractivity contribution >= 4 is 21.9 Å². The number of methoxy groups -OCH3 is 1. The van der Waals surface area contributed by atoms with Crippen LogP contribution < -0.4 is 4.74 Å². The molecular weight excluding hydrogens is 312 g/mol. The Morgan fingerprint density at radius 1 is 1.42 bits per heavy atom. The van der Waals surface area contributed by atoms with E-state index in [1.165, 1.54) is 6.07 Å². The molecule has 6 heteroatoms. The predicted molar refractivity (Wildman–Crippen MR) is 74.7 cm³/mol. The number of carboxylic acids is 1. The maximum Gasteiger partial charge on any atom is 0.353 e. The second-order valence-corrected chi connectivity index (χ2v) is 4.98. The molecule has 19 heavy (non-hydrogen) atoms. The van der Waals surface area contributed by atoms with E-state index >= 15 is 0 Å². The van der Waals surface area contributed by atoms with Crippen LogP contribution in [-0.2, 0) is 0 Å². The molecule has 1 aromatic heterocycles. The summed E-state index contributed by atoms with van der Waals surface area (Å²) in [5.41, 5.74) is 3.49. The van der Waals surface area contributed by atoms with Gasteiger partial charge in [0.25, 0.3) is 0 Å². The lowest BCUT2D eigenvalue weighted by Gasteiger charge is -2.13. The smallest absolute Gasteiger partial charge is 0.353 e. The first-order chi connectivity index (χ1) is 8.95. The van der Waals surface area contributed by atoms with Gasteiger partial charge in [0.15, 0.2) is 0 Å². The average molecular weight is 325 g/mol. The number of aromatic carboxylic acids is 1. The molecule has 2 N–H and O–H groups in total. The summed E-state index contributed by atoms with van der Waals surface area (Å²) < 4.78 is 6.24. The third-order valence-corrected chi connectivity index (χ3v) is 3.97. The molecule has 0 radical (unpaired) electrons. The summed E-state index contributed by atoms with van der Waals surface area (Å²) in [6.45, 7) is 3.97. The van der Waals surface area contributed by atoms with Gasteiger partial charge < -0.3 is 9.84 Å². The van der Waals surface area contributed by atoms with E-state index < -0.39 is 5.97 Å². The van der Waals surface area contributed by atoms with Crippen LogP contribution in [0.4, 0.5) is 0 Å². The number of carboxylic acid groups (broad SMARTS) is 1. The number of nitrogens with one attached hydrogen (secondary N) is 1. The van der Waals surface area contributed by atoms with E-state index in [1.807, 2.05) is 19.9 Å². The number of aromatic nitrogens is 2. The number of nitrogens with zero attached hydrogens (tertiary/aromatic N) is 1. The lowest BCUT2D eigenvalue weighted by Crippen LogP contribution is -1.95. The number of hydrogen-bond donors (Lipinski definition) is 2. The van der Waals surface area contributed by atoms with E-state index in [9.17, 15) is 4.79 Å². The zero-order valence-electron chi connectivity index (χ0n) is 10.7. The molecule has 0 saturated carbocycles. The Morgan fingerprint density at radius 3 is 2.63 bits per heavy atom. The van der Waals surface area contributed by atoms with Crippen LogP contribution in [0.25, 0.3) is 11.3 Å². The normalized spacial score (nSPS) is 10.5. The molecule has 1 heterocycles. The molecule has 0 bridgehead atoms. The van der Waals surface area contributed by atoms with Crippen molar-refractivity contribution in [1.82, 2.24) is 10.2 Å². The maximum absolute atomic E-state index is 10.9. The Bertz CT molecular complexity index is 650. The Kier molecular flexibility index (Phi) is 3.61. The van der Waals surface area contributed by atoms with Crippen LogP contribution in [0.3, 0.4) is 0 Å². The number of rotatable bonds is 3. The highest BCUT2D eigenvalue weighted by atomic mass is 79.9. The first-order valence-corrected chi connectivity index (χ1v) is 6.37. The lowest BCUT2D eigenvalue weighted by molar-refractivity contribution is 0.0690. The molecule has 0 aliphatic rings. The summed E-state index contributed by atoms with van der Waals surface area (Å²) in [5, 5.41) is 15.4. The van der Waals surface area contributed by atoms with Gasteiger partial charge in [-0.2, -0.15) is 5.10 Å². The fraction of sp³-hybridized carbons (Fsp3) is 0.231. The molecule has 0 fully saturated rings. The van der Waals surface area contributed by atoms with Crippen LogP contribution in [0, 0.1) is 13.8 Å². The topological polar surface area (TPSA) is 75.2 Å². The first-order valence-electron chi connectivity index (χ1n) is 5.58. The summed E-state index contributed by atoms with van der Waals surface area (Å²) in [4.78, 5) is 10.9. The minimum Gasteiger partial charge on any atom is -0.495 e. The molecular formula is C13H13BrN2O3. The molecule has 0 aliphatic carbocycles. The molecule has 0 amide bonds. The van der Waals surface area contributed by atoms with Crippen LogP contribution in [0.5, 0.6) is 5.75 Å². The van der Waals surface area contributed by atoms with E-state index in [0.717, 1.165) is 21.2 Å². The number of hydrogen-bond acceptors (Lipinski definition) is 3. The third kappa shape index (κ3) is 2.35. The highest BCUT2D eigenvalue weighted by Crippen LogP contribution is 2.39. The number of halogens is 1. The molecule has 0 spiro atoms. The predicted octanol–water partition coefficient (Wildman–Crippen LogP) is 3.16. The Labute approximate surface area is 118 Å². The summed E-state index contributed by atoms with van der Waals surface area (Å²) in [7, 11) is 1.57. The van der Waals surface area contributed by atoms with Gasteiger partial charge in [-0.25, -0.2) is 4.79 Å². The molecule has 0 aliphatic heterocycles. The van der Waals surface area contributed by atoms with Gasteiger partial charge in [0, 0.05) is 5.56 Å². The number of aromatic amines is 1. The number of benzene rings is 1. The van der Waals surface area contributed by atoms with E-state index in [2.05, 4.69) is 26.1 Å². The summed E-state index contributed by atoms with van der Waals surface area (Å²) >= 11 is 3.50. The van der Waals surface area contributed by atoms with Crippen LogP contribution in [0.2, 0.25) is 0 Å². The zero-order chi connectivity index (χ0) is 14.2. The fourth-order valence-electron chi connectivity index (χ4n) is 1.81. The number of H-pyrrole nitrogens is 1. The highest BCUT2D eigenvalue weighted by molar-refractivity contribution is 9.10. The van der Waals surface area contributed by atoms with Crippen molar-refractivity contribution < 1.29 is 14.6 Å². The van der Waals surface area contributed by atoms with Gasteiger partial charge in [0.2, 0.25) is 0 Å². The zero-order valence-corrected chi connectivity index (χ0v) is 12.3. The lowest BCUT2D eigenvalue weighted by atomic mass is 10.0. The molecule has 2 aromatic rings. The quantitative estimate of drug-likeness (QED) is 0.909. The van der Waals surface area contributed by atoms with Crippen LogP contribution in [0.1, 0.15) is 21.6 Å². The Balaban J connectivity index is 2.63. The average Bonchev–Trinajstić information content (AvgIpc) is 2.85. The van der Waals surface area contributed by atoms with Gasteiger partial charge in [-0.3, -0.25) is 5.10 Å². The van der Waals surface area contributed by atoms with Crippen molar-refractivity contribution in [2.45, 2.75) is 13.8 Å². The maximum atomic E-state index is 10.9. The summed E-state index contributed by atoms with van der Waals surface area (Å²) in [6, 6.07) is 3.42. The van der Waals surface area contributed by atoms with Gasteiger partial charge >= 0.3 is 5.97 Å². The van der Waals surface area contributed by atoms with Crippen molar-refractivity contribution in [1.29, 1.82) is 0 Å². The fourth-order valence-corrected chi connectivity index (χ4v) is 2.50. The SMILES string of the molecule is COc1c(-c2cc(C(=O)O)[nH]n2)cc(C)c(C)c1Br. The highest BCUT2D eigenvalue weighted by Gasteiger charge is 2.17. The molecule has 1 aromatic carbocycles. The minimum absolute atomic E-state index is 0.0476. The van der Waals surface area contributed by atoms with Gasteiger partial charge in [-0.15, -0.1) is 0 Å². The largest absolute Gasteiger partial charge is 0.495 e. The van der Waals surface area contributed by atoms with Crippen molar-refractivity contribution in [2.24, 2.45) is 0 Å². The first kappa shape index (κ1) is 13.6. The molecule has 5 nitrogen and oxygen atoms in total. The Hall–Kier alpha value is -1.82. The second kappa shape index (κ2) is 5.05. The van der Waals surface area contributed by atoms with Crippen LogP contribution >= 0.6 is 15.9 Å². The molecule has 100 valence electrons. The van der Waals surface area contributed by atoms with Gasteiger partial charge in [-0.05, 0) is 53.0 Å². The van der Waals surface area contributed by atoms with Crippen LogP contribution in [0.15, 0.2) is 16.6 Å². The van der Waals surface area contributed by atoms with Crippen molar-refractivity contribution in [3.8, 4) is 17.0 Å². The number of aryl methyl sites for hydroxylation is 1. The molecule has 0 atom stereocenters. The minimum atomic E-state index is -1.04. The molecule has 0 unspecified atom stereocenters. The molecule has 2 rings (SSSR count). The van der Waals surface area contributed by atoms with Crippen molar-refractivity contribution in [2.75, 3.05) is 7.11 Å². The second-order valence-electron chi connectivity index (χ2n) is 4.19. The standard InChI is InChI=1S/C13H13BrN2O3/c1-6-4-8(12(19-3)11(14)7(6)2)9-5-10(13(17)18)16-15-9/h4-5H,1-3H3,(H,15,16)(H,17,18). The summed E-state index contributed by atoms with van der Waals surface area (Å²) in [5.74, 6) is -0.396. The number of ether oxygens (including phenoxy) is 1. The number of carbonyl (C=O) groups is 1. The van der Waals surface area contributed by atoms with E-state index in [4.69, 9.17) is 9.84 Å². The monoisotopic (exact) mass is 324 g/mol. The van der Waals surface area contributed by atoms with Crippen molar-refractivity contribution in [3.05, 3.63) is 33.4 Å². The molecule has 0 saturated heterocycles. The van der Waals surface area contributed by atoms with E-state index in [0.29, 0.717) is 11.4 Å². The van der Waals surface area contributed by atoms with Gasteiger partial charge in [0.1, 0.15) is 11.4 Å². The Morgan fingerprint density at radius 2 is 2.11 bits per heavy atom. The van der Waals surface area contributed by atoms with Crippen molar-refractivity contribution in [3.63, 3.8) is 0 Å². The van der Waals surface area contributed by atoms with E-state index in [-0.39, 0.29) is 5.69 Å². The summed E-state index contributed by atoms with van der Waals surface area (Å²) in [6.07, 6.45) is 0. The van der Waals surface area contributed by atoms with Gasteiger partial charge in [0.05, 0.1) is 17.3 Å². The van der Waals surface area contributed by atoms with Gasteiger partial charge in [-0.1, -0.05) is 0 Å².